The van der Waals surface area contributed by atoms with Gasteiger partial charge in [0, 0.05) is 17.6 Å². The van der Waals surface area contributed by atoms with Gasteiger partial charge in [-0.3, -0.25) is 0 Å². The average molecular weight is 256 g/mol. The molecule has 17 heavy (non-hydrogen) atoms. The highest BCUT2D eigenvalue weighted by atomic mass is 35.5. The van der Waals surface area contributed by atoms with Crippen molar-refractivity contribution in [1.29, 1.82) is 0 Å². The van der Waals surface area contributed by atoms with E-state index in [1.807, 2.05) is 24.3 Å². The first-order chi connectivity index (χ1) is 8.11. The molecule has 1 unspecified atom stereocenters. The molecule has 1 atom stereocenters. The molecule has 0 aliphatic heterocycles. The molecule has 0 heterocycles. The van der Waals surface area contributed by atoms with Crippen molar-refractivity contribution in [3.63, 3.8) is 0 Å². The standard InChI is InChI=1S/C14H22ClNO/c1-11(2)12(3)16-8-9-17-10-13-6-4-5-7-14(13)15/h4-7,11-12,16H,8-10H2,1-3H3. The van der Waals surface area contributed by atoms with Crippen LogP contribution < -0.4 is 5.32 Å². The van der Waals surface area contributed by atoms with Gasteiger partial charge in [0.2, 0.25) is 0 Å². The molecule has 0 aromatic heterocycles. The van der Waals surface area contributed by atoms with Crippen LogP contribution in [0.4, 0.5) is 0 Å². The molecule has 0 aliphatic rings. The Hall–Kier alpha value is -0.570. The smallest absolute Gasteiger partial charge is 0.0731 e. The summed E-state index contributed by atoms with van der Waals surface area (Å²) in [5, 5.41) is 4.20. The van der Waals surface area contributed by atoms with E-state index in [0.29, 0.717) is 25.2 Å². The zero-order valence-electron chi connectivity index (χ0n) is 10.9. The Morgan fingerprint density at radius 3 is 2.59 bits per heavy atom. The number of hydrogen-bond acceptors (Lipinski definition) is 2. The Labute approximate surface area is 109 Å². The van der Waals surface area contributed by atoms with E-state index in [0.717, 1.165) is 17.1 Å². The summed E-state index contributed by atoms with van der Waals surface area (Å²) in [6.07, 6.45) is 0. The number of nitrogens with one attached hydrogen (secondary N) is 1. The van der Waals surface area contributed by atoms with Gasteiger partial charge >= 0.3 is 0 Å². The monoisotopic (exact) mass is 255 g/mol. The summed E-state index contributed by atoms with van der Waals surface area (Å²) in [4.78, 5) is 0. The molecule has 1 rings (SSSR count). The first-order valence-corrected chi connectivity index (χ1v) is 6.53. The molecule has 0 saturated carbocycles. The molecule has 3 heteroatoms. The molecule has 96 valence electrons. The van der Waals surface area contributed by atoms with E-state index in [-0.39, 0.29) is 0 Å². The molecule has 0 bridgehead atoms. The molecular formula is C14H22ClNO. The number of ether oxygens (including phenoxy) is 1. The minimum Gasteiger partial charge on any atom is -0.375 e. The molecule has 1 aromatic rings. The third-order valence-corrected chi connectivity index (χ3v) is 3.30. The fourth-order valence-electron chi connectivity index (χ4n) is 1.39. The zero-order chi connectivity index (χ0) is 12.7. The third kappa shape index (κ3) is 5.53. The van der Waals surface area contributed by atoms with E-state index in [1.54, 1.807) is 0 Å². The molecule has 0 spiro atoms. The lowest BCUT2D eigenvalue weighted by molar-refractivity contribution is 0.120. The molecular weight excluding hydrogens is 234 g/mol. The van der Waals surface area contributed by atoms with Gasteiger partial charge in [0.1, 0.15) is 0 Å². The van der Waals surface area contributed by atoms with Crippen molar-refractivity contribution in [1.82, 2.24) is 5.32 Å². The Bertz CT molecular complexity index is 328. The second-order valence-electron chi connectivity index (χ2n) is 4.63. The van der Waals surface area contributed by atoms with Crippen LogP contribution in [0.25, 0.3) is 0 Å². The molecule has 2 nitrogen and oxygen atoms in total. The van der Waals surface area contributed by atoms with E-state index in [2.05, 4.69) is 26.1 Å². The van der Waals surface area contributed by atoms with Gasteiger partial charge in [-0.1, -0.05) is 43.6 Å². The summed E-state index contributed by atoms with van der Waals surface area (Å²) < 4.78 is 5.58. The van der Waals surface area contributed by atoms with E-state index in [1.165, 1.54) is 0 Å². The maximum atomic E-state index is 6.03. The molecule has 1 N–H and O–H groups in total. The van der Waals surface area contributed by atoms with Crippen LogP contribution in [0.5, 0.6) is 0 Å². The summed E-state index contributed by atoms with van der Waals surface area (Å²) in [5.74, 6) is 0.651. The lowest BCUT2D eigenvalue weighted by atomic mass is 10.1. The highest BCUT2D eigenvalue weighted by molar-refractivity contribution is 6.31. The summed E-state index contributed by atoms with van der Waals surface area (Å²) in [6.45, 7) is 8.78. The fraction of sp³-hybridized carbons (Fsp3) is 0.571. The highest BCUT2D eigenvalue weighted by Crippen LogP contribution is 2.15. The molecule has 0 fully saturated rings. The van der Waals surface area contributed by atoms with Crippen LogP contribution >= 0.6 is 11.6 Å². The topological polar surface area (TPSA) is 21.3 Å². The zero-order valence-corrected chi connectivity index (χ0v) is 11.6. The Balaban J connectivity index is 2.15. The van der Waals surface area contributed by atoms with Crippen LogP contribution in [0.2, 0.25) is 5.02 Å². The minimum absolute atomic E-state index is 0.527. The largest absolute Gasteiger partial charge is 0.375 e. The molecule has 0 amide bonds. The van der Waals surface area contributed by atoms with Crippen LogP contribution in [0.3, 0.4) is 0 Å². The third-order valence-electron chi connectivity index (χ3n) is 2.93. The van der Waals surface area contributed by atoms with E-state index >= 15 is 0 Å². The van der Waals surface area contributed by atoms with Crippen LogP contribution in [0, 0.1) is 5.92 Å². The van der Waals surface area contributed by atoms with Gasteiger partial charge in [-0.2, -0.15) is 0 Å². The normalized spacial score (nSPS) is 13.0. The highest BCUT2D eigenvalue weighted by Gasteiger charge is 2.05. The van der Waals surface area contributed by atoms with Gasteiger partial charge in [0.25, 0.3) is 0 Å². The van der Waals surface area contributed by atoms with Crippen LogP contribution in [-0.2, 0) is 11.3 Å². The Kier molecular flexibility index (Phi) is 6.56. The predicted octanol–water partition coefficient (Wildman–Crippen LogP) is 3.49. The van der Waals surface area contributed by atoms with E-state index in [4.69, 9.17) is 16.3 Å². The molecule has 1 aromatic carbocycles. The van der Waals surface area contributed by atoms with Gasteiger partial charge in [-0.05, 0) is 24.5 Å². The van der Waals surface area contributed by atoms with Crippen molar-refractivity contribution >= 4 is 11.6 Å². The SMILES string of the molecule is CC(C)C(C)NCCOCc1ccccc1Cl. The maximum absolute atomic E-state index is 6.03. The van der Waals surface area contributed by atoms with Gasteiger partial charge in [-0.15, -0.1) is 0 Å². The molecule has 0 radical (unpaired) electrons. The second kappa shape index (κ2) is 7.70. The van der Waals surface area contributed by atoms with Crippen molar-refractivity contribution < 1.29 is 4.74 Å². The summed E-state index contributed by atoms with van der Waals surface area (Å²) in [5.41, 5.74) is 1.05. The minimum atomic E-state index is 0.527. The van der Waals surface area contributed by atoms with Gasteiger partial charge < -0.3 is 10.1 Å². The summed E-state index contributed by atoms with van der Waals surface area (Å²) in [6, 6.07) is 8.31. The van der Waals surface area contributed by atoms with Gasteiger partial charge in [-0.25, -0.2) is 0 Å². The predicted molar refractivity (Wildman–Crippen MR) is 73.4 cm³/mol. The lowest BCUT2D eigenvalue weighted by Gasteiger charge is -2.17. The molecule has 0 aliphatic carbocycles. The Morgan fingerprint density at radius 2 is 1.94 bits per heavy atom. The number of rotatable bonds is 7. The number of halogens is 1. The Morgan fingerprint density at radius 1 is 1.24 bits per heavy atom. The lowest BCUT2D eigenvalue weighted by Crippen LogP contribution is -2.33. The van der Waals surface area contributed by atoms with Crippen molar-refractivity contribution in [3.05, 3.63) is 34.9 Å². The van der Waals surface area contributed by atoms with Crippen LogP contribution in [0.1, 0.15) is 26.3 Å². The van der Waals surface area contributed by atoms with Crippen LogP contribution in [0.15, 0.2) is 24.3 Å². The fourth-order valence-corrected chi connectivity index (χ4v) is 1.58. The van der Waals surface area contributed by atoms with Crippen molar-refractivity contribution in [2.75, 3.05) is 13.2 Å². The van der Waals surface area contributed by atoms with Crippen molar-refractivity contribution in [2.24, 2.45) is 5.92 Å². The number of benzene rings is 1. The first-order valence-electron chi connectivity index (χ1n) is 6.15. The van der Waals surface area contributed by atoms with E-state index < -0.39 is 0 Å². The van der Waals surface area contributed by atoms with Crippen molar-refractivity contribution in [3.8, 4) is 0 Å². The van der Waals surface area contributed by atoms with Crippen LogP contribution in [-0.4, -0.2) is 19.2 Å². The van der Waals surface area contributed by atoms with E-state index in [9.17, 15) is 0 Å². The summed E-state index contributed by atoms with van der Waals surface area (Å²) >= 11 is 6.03. The first kappa shape index (κ1) is 14.5. The maximum Gasteiger partial charge on any atom is 0.0731 e. The van der Waals surface area contributed by atoms with Gasteiger partial charge in [0.05, 0.1) is 13.2 Å². The second-order valence-corrected chi connectivity index (χ2v) is 5.04. The quantitative estimate of drug-likeness (QED) is 0.753. The van der Waals surface area contributed by atoms with Gasteiger partial charge in [0.15, 0.2) is 0 Å². The van der Waals surface area contributed by atoms with Crippen molar-refractivity contribution in [2.45, 2.75) is 33.4 Å². The molecule has 0 saturated heterocycles. The summed E-state index contributed by atoms with van der Waals surface area (Å²) in [7, 11) is 0. The number of hydrogen-bond donors (Lipinski definition) is 1. The average Bonchev–Trinajstić information content (AvgIpc) is 2.30.